The first-order chi connectivity index (χ1) is 28.6. The minimum absolute atomic E-state index is 0.0247. The number of rotatable bonds is 17. The first kappa shape index (κ1) is 45.2. The summed E-state index contributed by atoms with van der Waals surface area (Å²) in [5.74, 6) is -0.0420. The Hall–Kier alpha value is -4.36. The average Bonchev–Trinajstić information content (AvgIpc) is 3.20. The second-order valence-corrected chi connectivity index (χ2v) is 22.6. The maximum Gasteiger partial charge on any atom is 0.277 e. The number of unbranched alkanes of at least 4 members (excludes halogenated alkanes) is 1. The molecule has 0 aliphatic rings. The van der Waals surface area contributed by atoms with Crippen LogP contribution in [0.4, 0.5) is 0 Å². The van der Waals surface area contributed by atoms with Crippen LogP contribution in [0.5, 0.6) is 0 Å². The summed E-state index contributed by atoms with van der Waals surface area (Å²) >= 11 is 4.70. The molecule has 0 N–H and O–H groups in total. The van der Waals surface area contributed by atoms with Gasteiger partial charge >= 0.3 is 0 Å². The lowest BCUT2D eigenvalue weighted by Crippen LogP contribution is -2.17. The zero-order valence-corrected chi connectivity index (χ0v) is 38.8. The summed E-state index contributed by atoms with van der Waals surface area (Å²) in [7, 11) is -6.91. The number of ketones is 3. The van der Waals surface area contributed by atoms with E-state index in [1.54, 1.807) is 56.1 Å². The SMILES string of the molecule is CCCCS(=O)(=O)OS(c1ccc(Sc2ccc(C(C)=O)c(C)c2)cc1)(c1ccc(Sc2ccc(C(C)=O)c(C)c2)cc1)c1ccc(Sc2ccc(C(C)=O)c(C)c2)cc1. The van der Waals surface area contributed by atoms with Crippen LogP contribution >= 0.6 is 45.6 Å². The molecule has 0 aliphatic heterocycles. The van der Waals surface area contributed by atoms with E-state index in [1.807, 2.05) is 155 Å². The highest BCUT2D eigenvalue weighted by molar-refractivity contribution is 8.33. The number of carbonyl (C=O) groups excluding carboxylic acids is 3. The Bertz CT molecular complexity index is 2390. The Morgan fingerprint density at radius 2 is 0.750 bits per heavy atom. The summed E-state index contributed by atoms with van der Waals surface area (Å²) in [5.41, 5.74) is 4.81. The molecule has 0 fully saturated rings. The van der Waals surface area contributed by atoms with Crippen LogP contribution in [-0.2, 0) is 13.7 Å². The number of hydrogen-bond acceptors (Lipinski definition) is 9. The highest BCUT2D eigenvalue weighted by atomic mass is 32.3. The number of benzene rings is 6. The molecule has 60 heavy (non-hydrogen) atoms. The fourth-order valence-electron chi connectivity index (χ4n) is 6.83. The van der Waals surface area contributed by atoms with Crippen molar-refractivity contribution >= 4 is 73.1 Å². The van der Waals surface area contributed by atoms with Gasteiger partial charge in [0.1, 0.15) is 0 Å². The Kier molecular flexibility index (Phi) is 14.7. The van der Waals surface area contributed by atoms with E-state index in [9.17, 15) is 22.8 Å². The normalized spacial score (nSPS) is 12.0. The molecule has 6 rings (SSSR count). The van der Waals surface area contributed by atoms with Gasteiger partial charge in [-0.05, 0) is 184 Å². The van der Waals surface area contributed by atoms with Crippen LogP contribution < -0.4 is 0 Å². The summed E-state index contributed by atoms with van der Waals surface area (Å²) in [6.45, 7) is 12.5. The fraction of sp³-hybridized carbons (Fsp3) is 0.204. The van der Waals surface area contributed by atoms with Gasteiger partial charge in [-0.25, -0.2) is 3.63 Å². The molecule has 0 radical (unpaired) electrons. The van der Waals surface area contributed by atoms with Crippen molar-refractivity contribution in [2.45, 2.75) is 105 Å². The molecular weight excluding hydrogens is 845 g/mol. The van der Waals surface area contributed by atoms with Gasteiger partial charge < -0.3 is 0 Å². The van der Waals surface area contributed by atoms with Gasteiger partial charge in [-0.1, -0.05) is 66.8 Å². The van der Waals surface area contributed by atoms with E-state index in [1.165, 1.54) is 0 Å². The van der Waals surface area contributed by atoms with Gasteiger partial charge in [0.05, 0.1) is 5.75 Å². The Morgan fingerprint density at radius 3 is 1.00 bits per heavy atom. The first-order valence-electron chi connectivity index (χ1n) is 19.5. The molecule has 0 unspecified atom stereocenters. The van der Waals surface area contributed by atoms with Gasteiger partial charge in [-0.2, -0.15) is 8.42 Å². The van der Waals surface area contributed by atoms with Crippen LogP contribution in [0.1, 0.15) is 88.3 Å². The van der Waals surface area contributed by atoms with Crippen molar-refractivity contribution in [2.24, 2.45) is 0 Å². The third kappa shape index (κ3) is 10.7. The minimum Gasteiger partial charge on any atom is -0.295 e. The minimum atomic E-state index is -4.03. The van der Waals surface area contributed by atoms with Gasteiger partial charge in [0.25, 0.3) is 10.1 Å². The molecule has 0 heterocycles. The van der Waals surface area contributed by atoms with E-state index < -0.39 is 20.4 Å². The lowest BCUT2D eigenvalue weighted by atomic mass is 10.1. The van der Waals surface area contributed by atoms with E-state index in [-0.39, 0.29) is 23.1 Å². The summed E-state index contributed by atoms with van der Waals surface area (Å²) in [4.78, 5) is 44.2. The zero-order valence-electron chi connectivity index (χ0n) is 34.7. The standard InChI is InChI=1S/C49H48O6S5/c1-8-9-28-59(53,54)55-60(44-19-10-38(11-20-44)56-41-16-25-47(35(5)50)32(2)29-41,45-21-12-39(13-22-45)57-42-17-26-48(36(6)51)33(3)30-42)46-23-14-40(15-24-46)58-43-18-27-49(37(7)52)34(4)31-43/h10-27,29-31H,8-9,28H2,1-7H3. The lowest BCUT2D eigenvalue weighted by Gasteiger charge is -2.39. The summed E-state index contributed by atoms with van der Waals surface area (Å²) in [6, 6.07) is 41.2. The predicted octanol–water partition coefficient (Wildman–Crippen LogP) is 14.0. The van der Waals surface area contributed by atoms with Crippen molar-refractivity contribution in [3.63, 3.8) is 0 Å². The molecule has 0 bridgehead atoms. The number of hydrogen-bond donors (Lipinski definition) is 0. The molecule has 310 valence electrons. The van der Waals surface area contributed by atoms with Gasteiger partial charge in [0.15, 0.2) is 17.3 Å². The third-order valence-corrected chi connectivity index (χ3v) is 18.1. The van der Waals surface area contributed by atoms with Crippen molar-refractivity contribution in [1.29, 1.82) is 0 Å². The molecular formula is C49H48O6S5. The van der Waals surface area contributed by atoms with Gasteiger partial charge in [0.2, 0.25) is 0 Å². The fourth-order valence-corrected chi connectivity index (χ4v) is 15.1. The molecule has 0 saturated heterocycles. The van der Waals surface area contributed by atoms with Crippen molar-refractivity contribution in [3.8, 4) is 0 Å². The van der Waals surface area contributed by atoms with E-state index >= 15 is 0 Å². The summed E-state index contributed by atoms with van der Waals surface area (Å²) < 4.78 is 34.8. The van der Waals surface area contributed by atoms with Crippen molar-refractivity contribution in [1.82, 2.24) is 0 Å². The van der Waals surface area contributed by atoms with Crippen molar-refractivity contribution in [2.75, 3.05) is 5.75 Å². The largest absolute Gasteiger partial charge is 0.295 e. The third-order valence-electron chi connectivity index (χ3n) is 9.86. The highest BCUT2D eigenvalue weighted by Gasteiger charge is 2.38. The number of aryl methyl sites for hydroxylation is 3. The predicted molar refractivity (Wildman–Crippen MR) is 247 cm³/mol. The second kappa shape index (κ2) is 19.6. The molecule has 11 heteroatoms. The smallest absolute Gasteiger partial charge is 0.277 e. The van der Waals surface area contributed by atoms with E-state index in [4.69, 9.17) is 3.63 Å². The van der Waals surface area contributed by atoms with E-state index in [0.29, 0.717) is 29.5 Å². The van der Waals surface area contributed by atoms with Crippen molar-refractivity contribution in [3.05, 3.63) is 161 Å². The van der Waals surface area contributed by atoms with Gasteiger partial charge in [-0.3, -0.25) is 14.4 Å². The summed E-state index contributed by atoms with van der Waals surface area (Å²) in [5, 5.41) is 0. The molecule has 6 aromatic rings. The lowest BCUT2D eigenvalue weighted by molar-refractivity contribution is 0.100. The monoisotopic (exact) mass is 892 g/mol. The Balaban J connectivity index is 1.44. The Labute approximate surface area is 369 Å². The highest BCUT2D eigenvalue weighted by Crippen LogP contribution is 2.70. The maximum atomic E-state index is 14.1. The number of Topliss-reactive ketones (excluding diaryl/α,β-unsaturated/α-hetero) is 3. The van der Waals surface area contributed by atoms with Crippen LogP contribution in [0.3, 0.4) is 0 Å². The molecule has 0 aliphatic carbocycles. The van der Waals surface area contributed by atoms with Crippen LogP contribution in [0, 0.1) is 20.8 Å². The Morgan fingerprint density at radius 1 is 0.467 bits per heavy atom. The zero-order chi connectivity index (χ0) is 43.2. The van der Waals surface area contributed by atoms with Crippen LogP contribution in [-0.4, -0.2) is 31.5 Å². The summed E-state index contributed by atoms with van der Waals surface area (Å²) in [6.07, 6.45) is 1.16. The average molecular weight is 893 g/mol. The van der Waals surface area contributed by atoms with E-state index in [2.05, 4.69) is 0 Å². The first-order valence-corrected chi connectivity index (χ1v) is 25.1. The number of carbonyl (C=O) groups is 3. The maximum absolute atomic E-state index is 14.1. The van der Waals surface area contributed by atoms with Crippen LogP contribution in [0.15, 0.2) is 171 Å². The molecule has 0 spiro atoms. The van der Waals surface area contributed by atoms with Crippen LogP contribution in [0.2, 0.25) is 0 Å². The second-order valence-electron chi connectivity index (χ2n) is 14.6. The molecule has 6 nitrogen and oxygen atoms in total. The van der Waals surface area contributed by atoms with Gasteiger partial charge in [-0.15, -0.1) is 0 Å². The molecule has 6 aromatic carbocycles. The molecule has 0 amide bonds. The topological polar surface area (TPSA) is 94.6 Å². The molecule has 0 aromatic heterocycles. The molecule has 0 atom stereocenters. The van der Waals surface area contributed by atoms with E-state index in [0.717, 1.165) is 60.7 Å². The van der Waals surface area contributed by atoms with Crippen molar-refractivity contribution < 1.29 is 26.4 Å². The van der Waals surface area contributed by atoms with Gasteiger partial charge in [0, 0.05) is 60.7 Å². The molecule has 0 saturated carbocycles. The van der Waals surface area contributed by atoms with Crippen LogP contribution in [0.25, 0.3) is 0 Å². The quantitative estimate of drug-likeness (QED) is 0.0830.